The summed E-state index contributed by atoms with van der Waals surface area (Å²) in [6.07, 6.45) is 4.69. The minimum Gasteiger partial charge on any atom is -0.296 e. The van der Waals surface area contributed by atoms with Gasteiger partial charge in [-0.05, 0) is 63.4 Å². The van der Waals surface area contributed by atoms with Crippen molar-refractivity contribution >= 4 is 15.9 Å². The summed E-state index contributed by atoms with van der Waals surface area (Å²) in [6, 6.07) is 8.82. The molecule has 0 spiro atoms. The maximum absolute atomic E-state index is 5.89. The molecule has 3 nitrogen and oxygen atoms in total. The third kappa shape index (κ3) is 3.42. The first-order chi connectivity index (χ1) is 9.60. The Balaban J connectivity index is 2.14. The Morgan fingerprint density at radius 2 is 1.90 bits per heavy atom. The normalized spacial score (nSPS) is 20.8. The number of nitrogens with zero attached hydrogens (tertiary/aromatic N) is 1. The predicted octanol–water partition coefficient (Wildman–Crippen LogP) is 3.09. The molecule has 20 heavy (non-hydrogen) atoms. The Kier molecular flexibility index (Phi) is 5.61. The summed E-state index contributed by atoms with van der Waals surface area (Å²) in [4.78, 5) is 2.61. The molecule has 1 aliphatic rings. The first-order valence-corrected chi connectivity index (χ1v) is 8.35. The molecule has 0 radical (unpaired) electrons. The van der Waals surface area contributed by atoms with Crippen molar-refractivity contribution in [3.8, 4) is 0 Å². The van der Waals surface area contributed by atoms with E-state index in [1.165, 1.54) is 31.5 Å². The monoisotopic (exact) mass is 339 g/mol. The molecule has 0 aliphatic carbocycles. The number of halogens is 1. The number of hydrogen-bond acceptors (Lipinski definition) is 3. The summed E-state index contributed by atoms with van der Waals surface area (Å²) in [5, 5.41) is 0. The molecule has 1 aromatic rings. The third-order valence-corrected chi connectivity index (χ3v) is 5.38. The number of rotatable bonds is 6. The highest BCUT2D eigenvalue weighted by Gasteiger charge is 2.38. The minimum atomic E-state index is 0.123. The molecule has 1 fully saturated rings. The van der Waals surface area contributed by atoms with Gasteiger partial charge in [0.1, 0.15) is 0 Å². The smallest absolute Gasteiger partial charge is 0.0432 e. The van der Waals surface area contributed by atoms with Gasteiger partial charge in [0.25, 0.3) is 0 Å². The molecule has 0 bridgehead atoms. The van der Waals surface area contributed by atoms with E-state index in [4.69, 9.17) is 5.84 Å². The maximum atomic E-state index is 5.89. The van der Waals surface area contributed by atoms with Gasteiger partial charge in [-0.2, -0.15) is 0 Å². The van der Waals surface area contributed by atoms with Gasteiger partial charge in [-0.15, -0.1) is 0 Å². The second kappa shape index (κ2) is 7.03. The molecule has 2 atom stereocenters. The van der Waals surface area contributed by atoms with Crippen molar-refractivity contribution in [1.29, 1.82) is 0 Å². The quantitative estimate of drug-likeness (QED) is 0.618. The molecule has 1 aliphatic heterocycles. The molecule has 0 amide bonds. The minimum absolute atomic E-state index is 0.123. The lowest BCUT2D eigenvalue weighted by Crippen LogP contribution is -2.61. The van der Waals surface area contributed by atoms with Crippen LogP contribution in [-0.4, -0.2) is 29.6 Å². The maximum Gasteiger partial charge on any atom is 0.0432 e. The van der Waals surface area contributed by atoms with Crippen molar-refractivity contribution in [2.24, 2.45) is 5.84 Å². The highest BCUT2D eigenvalue weighted by molar-refractivity contribution is 9.10. The topological polar surface area (TPSA) is 41.3 Å². The Labute approximate surface area is 131 Å². The number of nitrogens with two attached hydrogens (primary N) is 1. The van der Waals surface area contributed by atoms with Gasteiger partial charge in [0, 0.05) is 16.1 Å². The molecule has 112 valence electrons. The lowest BCUT2D eigenvalue weighted by atomic mass is 9.84. The van der Waals surface area contributed by atoms with Crippen molar-refractivity contribution in [1.82, 2.24) is 10.3 Å². The van der Waals surface area contributed by atoms with Crippen LogP contribution in [0.4, 0.5) is 0 Å². The van der Waals surface area contributed by atoms with Crippen LogP contribution < -0.4 is 11.3 Å². The van der Waals surface area contributed by atoms with Gasteiger partial charge in [0.2, 0.25) is 0 Å². The largest absolute Gasteiger partial charge is 0.296 e. The van der Waals surface area contributed by atoms with Gasteiger partial charge in [0.15, 0.2) is 0 Å². The van der Waals surface area contributed by atoms with E-state index in [-0.39, 0.29) is 11.6 Å². The van der Waals surface area contributed by atoms with Crippen LogP contribution in [0, 0.1) is 0 Å². The zero-order valence-electron chi connectivity index (χ0n) is 12.5. The summed E-state index contributed by atoms with van der Waals surface area (Å²) in [5.74, 6) is 5.89. The number of nitrogens with one attached hydrogen (secondary N) is 1. The van der Waals surface area contributed by atoms with Crippen LogP contribution >= 0.6 is 15.9 Å². The van der Waals surface area contributed by atoms with Crippen LogP contribution in [0.2, 0.25) is 0 Å². The fourth-order valence-corrected chi connectivity index (χ4v) is 3.50. The molecule has 1 aromatic carbocycles. The van der Waals surface area contributed by atoms with Crippen molar-refractivity contribution in [2.45, 2.75) is 51.1 Å². The zero-order chi connectivity index (χ0) is 14.6. The van der Waals surface area contributed by atoms with E-state index in [9.17, 15) is 0 Å². The van der Waals surface area contributed by atoms with Crippen molar-refractivity contribution in [3.05, 3.63) is 34.3 Å². The molecule has 1 saturated heterocycles. The van der Waals surface area contributed by atoms with Crippen molar-refractivity contribution in [3.63, 3.8) is 0 Å². The Morgan fingerprint density at radius 3 is 2.40 bits per heavy atom. The molecule has 2 rings (SSSR count). The zero-order valence-corrected chi connectivity index (χ0v) is 14.1. The van der Waals surface area contributed by atoms with Crippen LogP contribution in [0.3, 0.4) is 0 Å². The molecule has 2 unspecified atom stereocenters. The van der Waals surface area contributed by atoms with Gasteiger partial charge in [-0.25, -0.2) is 0 Å². The van der Waals surface area contributed by atoms with Gasteiger partial charge in [-0.3, -0.25) is 16.2 Å². The molecule has 3 N–H and O–H groups in total. The van der Waals surface area contributed by atoms with Crippen LogP contribution in [-0.2, 0) is 6.42 Å². The van der Waals surface area contributed by atoms with E-state index in [1.54, 1.807) is 0 Å². The van der Waals surface area contributed by atoms with Gasteiger partial charge < -0.3 is 0 Å². The molecule has 0 aromatic heterocycles. The van der Waals surface area contributed by atoms with E-state index in [2.05, 4.69) is 64.4 Å². The molecule has 4 heteroatoms. The lowest BCUT2D eigenvalue weighted by Gasteiger charge is -2.44. The van der Waals surface area contributed by atoms with E-state index in [1.807, 2.05) is 0 Å². The molecular formula is C16H26BrN3. The number of likely N-dealkylation sites (tertiary alicyclic amines) is 1. The van der Waals surface area contributed by atoms with Crippen LogP contribution in [0.5, 0.6) is 0 Å². The van der Waals surface area contributed by atoms with E-state index in [0.717, 1.165) is 17.3 Å². The van der Waals surface area contributed by atoms with Crippen LogP contribution in [0.1, 0.15) is 38.7 Å². The molecular weight excluding hydrogens is 314 g/mol. The van der Waals surface area contributed by atoms with Crippen molar-refractivity contribution in [2.75, 3.05) is 13.1 Å². The summed E-state index contributed by atoms with van der Waals surface area (Å²) >= 11 is 3.49. The average molecular weight is 340 g/mol. The van der Waals surface area contributed by atoms with Gasteiger partial charge in [-0.1, -0.05) is 35.0 Å². The molecule has 0 saturated carbocycles. The fourth-order valence-electron chi connectivity index (χ4n) is 3.23. The van der Waals surface area contributed by atoms with Crippen molar-refractivity contribution < 1.29 is 0 Å². The molecule has 1 heterocycles. The Morgan fingerprint density at radius 1 is 1.30 bits per heavy atom. The predicted molar refractivity (Wildman–Crippen MR) is 88.5 cm³/mol. The summed E-state index contributed by atoms with van der Waals surface area (Å²) in [7, 11) is 0. The Bertz CT molecular complexity index is 414. The summed E-state index contributed by atoms with van der Waals surface area (Å²) in [5.41, 5.74) is 4.53. The first kappa shape index (κ1) is 16.0. The van der Waals surface area contributed by atoms with Crippen LogP contribution in [0.25, 0.3) is 0 Å². The van der Waals surface area contributed by atoms with E-state index in [0.29, 0.717) is 0 Å². The fraction of sp³-hybridized carbons (Fsp3) is 0.625. The summed E-state index contributed by atoms with van der Waals surface area (Å²) in [6.45, 7) is 7.01. The standard InChI is InChI=1S/C16H26BrN3/c1-3-16(2,20-10-4-5-11-20)15(19-18)12-13-6-8-14(17)9-7-13/h6-9,15,19H,3-5,10-12,18H2,1-2H3. The average Bonchev–Trinajstić information content (AvgIpc) is 3.00. The Hall–Kier alpha value is -0.420. The third-order valence-electron chi connectivity index (χ3n) is 4.85. The lowest BCUT2D eigenvalue weighted by molar-refractivity contribution is 0.0841. The van der Waals surface area contributed by atoms with Gasteiger partial charge >= 0.3 is 0 Å². The highest BCUT2D eigenvalue weighted by atomic mass is 79.9. The van der Waals surface area contributed by atoms with Crippen LogP contribution in [0.15, 0.2) is 28.7 Å². The van der Waals surface area contributed by atoms with E-state index >= 15 is 0 Å². The second-order valence-corrected chi connectivity index (χ2v) is 6.87. The summed E-state index contributed by atoms with van der Waals surface area (Å²) < 4.78 is 1.12. The second-order valence-electron chi connectivity index (χ2n) is 5.95. The van der Waals surface area contributed by atoms with Gasteiger partial charge in [0.05, 0.1) is 0 Å². The number of benzene rings is 1. The first-order valence-electron chi connectivity index (χ1n) is 7.55. The SMILES string of the molecule is CCC(C)(C(Cc1ccc(Br)cc1)NN)N1CCCC1. The highest BCUT2D eigenvalue weighted by Crippen LogP contribution is 2.29. The number of hydrogen-bond donors (Lipinski definition) is 2. The number of hydrazine groups is 1. The van der Waals surface area contributed by atoms with E-state index < -0.39 is 0 Å².